The van der Waals surface area contributed by atoms with Crippen LogP contribution >= 0.6 is 95.6 Å². The maximum atomic E-state index is 11.2. The minimum Gasteiger partial charge on any atom is -0.459 e. The molecule has 0 atom stereocenters. The van der Waals surface area contributed by atoms with Crippen molar-refractivity contribution in [1.82, 2.24) is 0 Å². The SMILES string of the molecule is O=C(/C=C\C(=O)OCC(Br)(Br)Br)OCC(Br)(Br)Br. The molecule has 0 bridgehead atoms. The monoisotopic (exact) mass is 640 g/mol. The number of hydrogen-bond acceptors (Lipinski definition) is 4. The lowest BCUT2D eigenvalue weighted by Crippen LogP contribution is -2.16. The van der Waals surface area contributed by atoms with E-state index in [0.29, 0.717) is 0 Å². The summed E-state index contributed by atoms with van der Waals surface area (Å²) >= 11 is 19.0. The summed E-state index contributed by atoms with van der Waals surface area (Å²) in [5.74, 6) is -1.31. The molecular formula is C8H6Br6O4. The van der Waals surface area contributed by atoms with E-state index in [9.17, 15) is 9.59 Å². The maximum absolute atomic E-state index is 11.2. The Morgan fingerprint density at radius 1 is 0.778 bits per heavy atom. The van der Waals surface area contributed by atoms with Crippen LogP contribution in [0.2, 0.25) is 0 Å². The molecule has 104 valence electrons. The van der Waals surface area contributed by atoms with Crippen molar-refractivity contribution >= 4 is 108 Å². The molecule has 0 aliphatic heterocycles. The number of carbonyl (C=O) groups is 2. The Balaban J connectivity index is 4.00. The fraction of sp³-hybridized carbons (Fsp3) is 0.500. The highest BCUT2D eigenvalue weighted by atomic mass is 80.0. The number of rotatable bonds is 4. The van der Waals surface area contributed by atoms with Crippen LogP contribution in [-0.4, -0.2) is 29.4 Å². The van der Waals surface area contributed by atoms with Crippen molar-refractivity contribution in [2.45, 2.75) is 4.29 Å². The normalized spacial score (nSPS) is 12.6. The summed E-state index contributed by atoms with van der Waals surface area (Å²) < 4.78 is 8.26. The summed E-state index contributed by atoms with van der Waals surface area (Å²) in [5.41, 5.74) is 0. The summed E-state index contributed by atoms with van der Waals surface area (Å²) in [6.07, 6.45) is 1.97. The van der Waals surface area contributed by atoms with Gasteiger partial charge in [0, 0.05) is 12.2 Å². The standard InChI is InChI=1S/C8H6Br6O4/c9-7(10,11)3-17-5(15)1-2-6(16)18-4-8(12,13)14/h1-2H,3-4H2/b2-1-. The Labute approximate surface area is 154 Å². The molecule has 0 unspecified atom stereocenters. The molecule has 0 fully saturated rings. The van der Waals surface area contributed by atoms with Gasteiger partial charge in [-0.2, -0.15) is 0 Å². The van der Waals surface area contributed by atoms with Crippen LogP contribution in [0, 0.1) is 0 Å². The summed E-state index contributed by atoms with van der Waals surface area (Å²) in [6.45, 7) is 0.0804. The molecule has 0 heterocycles. The summed E-state index contributed by atoms with van der Waals surface area (Å²) in [5, 5.41) is 0. The lowest BCUT2D eigenvalue weighted by molar-refractivity contribution is -0.140. The number of alkyl halides is 6. The van der Waals surface area contributed by atoms with Gasteiger partial charge >= 0.3 is 11.9 Å². The van der Waals surface area contributed by atoms with Crippen LogP contribution in [0.4, 0.5) is 0 Å². The summed E-state index contributed by atoms with van der Waals surface area (Å²) in [4.78, 5) is 22.4. The van der Waals surface area contributed by atoms with Gasteiger partial charge in [-0.1, -0.05) is 95.6 Å². The second kappa shape index (κ2) is 8.76. The second-order valence-corrected chi connectivity index (χ2v) is 17.3. The largest absolute Gasteiger partial charge is 0.459 e. The molecule has 0 N–H and O–H groups in total. The van der Waals surface area contributed by atoms with Crippen LogP contribution in [-0.2, 0) is 19.1 Å². The summed E-state index contributed by atoms with van der Waals surface area (Å²) in [6, 6.07) is 0. The van der Waals surface area contributed by atoms with Gasteiger partial charge in [-0.15, -0.1) is 0 Å². The van der Waals surface area contributed by atoms with Crippen LogP contribution < -0.4 is 0 Å². The molecule has 0 aromatic heterocycles. The predicted molar refractivity (Wildman–Crippen MR) is 90.1 cm³/mol. The van der Waals surface area contributed by atoms with Crippen molar-refractivity contribution in [2.75, 3.05) is 13.2 Å². The Kier molecular flexibility index (Phi) is 9.52. The van der Waals surface area contributed by atoms with Crippen LogP contribution in [0.3, 0.4) is 0 Å². The molecule has 10 heteroatoms. The number of hydrogen-bond donors (Lipinski definition) is 0. The molecular weight excluding hydrogens is 640 g/mol. The van der Waals surface area contributed by atoms with Crippen molar-refractivity contribution in [1.29, 1.82) is 0 Å². The van der Waals surface area contributed by atoms with Crippen molar-refractivity contribution in [3.8, 4) is 0 Å². The first-order valence-electron chi connectivity index (χ1n) is 4.15. The molecule has 0 radical (unpaired) electrons. The molecule has 0 saturated heterocycles. The van der Waals surface area contributed by atoms with Gasteiger partial charge in [0.15, 0.2) is 4.29 Å². The van der Waals surface area contributed by atoms with Crippen molar-refractivity contribution < 1.29 is 19.1 Å². The third-order valence-electron chi connectivity index (χ3n) is 1.11. The molecule has 0 rings (SSSR count). The lowest BCUT2D eigenvalue weighted by Gasteiger charge is -2.11. The zero-order valence-corrected chi connectivity index (χ0v) is 18.0. The van der Waals surface area contributed by atoms with E-state index >= 15 is 0 Å². The first kappa shape index (κ1) is 19.6. The smallest absolute Gasteiger partial charge is 0.331 e. The molecule has 18 heavy (non-hydrogen) atoms. The minimum atomic E-state index is -0.668. The molecule has 0 aliphatic carbocycles. The second-order valence-electron chi connectivity index (χ2n) is 2.78. The fourth-order valence-corrected chi connectivity index (χ4v) is 1.22. The molecule has 0 amide bonds. The Bertz CT molecular complexity index is 297. The van der Waals surface area contributed by atoms with Gasteiger partial charge in [-0.25, -0.2) is 9.59 Å². The van der Waals surface area contributed by atoms with Crippen molar-refractivity contribution in [3.63, 3.8) is 0 Å². The summed E-state index contributed by atoms with van der Waals surface area (Å²) in [7, 11) is 0. The Morgan fingerprint density at radius 3 is 1.28 bits per heavy atom. The Morgan fingerprint density at radius 2 is 1.06 bits per heavy atom. The average Bonchev–Trinajstić information content (AvgIpc) is 2.18. The molecule has 0 saturated carbocycles. The zero-order valence-electron chi connectivity index (χ0n) is 8.47. The van der Waals surface area contributed by atoms with Gasteiger partial charge in [-0.3, -0.25) is 0 Å². The van der Waals surface area contributed by atoms with Crippen molar-refractivity contribution in [3.05, 3.63) is 12.2 Å². The molecule has 0 aliphatic rings. The van der Waals surface area contributed by atoms with Crippen LogP contribution in [0.15, 0.2) is 12.2 Å². The van der Waals surface area contributed by atoms with E-state index in [-0.39, 0.29) is 13.2 Å². The predicted octanol–water partition coefficient (Wildman–Crippen LogP) is 4.31. The van der Waals surface area contributed by atoms with Gasteiger partial charge in [0.1, 0.15) is 13.2 Å². The third kappa shape index (κ3) is 14.0. The fourth-order valence-electron chi connectivity index (χ4n) is 0.538. The number of carbonyl (C=O) groups excluding carboxylic acids is 2. The molecule has 4 nitrogen and oxygen atoms in total. The van der Waals surface area contributed by atoms with E-state index in [0.717, 1.165) is 12.2 Å². The maximum Gasteiger partial charge on any atom is 0.331 e. The van der Waals surface area contributed by atoms with Crippen LogP contribution in [0.1, 0.15) is 0 Å². The first-order valence-corrected chi connectivity index (χ1v) is 8.90. The lowest BCUT2D eigenvalue weighted by atomic mass is 10.5. The van der Waals surface area contributed by atoms with Gasteiger partial charge < -0.3 is 9.47 Å². The van der Waals surface area contributed by atoms with Crippen LogP contribution in [0.5, 0.6) is 0 Å². The number of ether oxygens (including phenoxy) is 2. The van der Waals surface area contributed by atoms with E-state index in [1.54, 1.807) is 0 Å². The van der Waals surface area contributed by atoms with E-state index < -0.39 is 16.2 Å². The highest BCUT2D eigenvalue weighted by molar-refractivity contribution is 9.39. The van der Waals surface area contributed by atoms with E-state index in [1.165, 1.54) is 0 Å². The van der Waals surface area contributed by atoms with Gasteiger partial charge in [-0.05, 0) is 0 Å². The highest BCUT2D eigenvalue weighted by Crippen LogP contribution is 2.34. The minimum absolute atomic E-state index is 0.0402. The number of halogens is 6. The van der Waals surface area contributed by atoms with E-state index in [4.69, 9.17) is 9.47 Å². The van der Waals surface area contributed by atoms with E-state index in [1.807, 2.05) is 0 Å². The average molecular weight is 646 g/mol. The quantitative estimate of drug-likeness (QED) is 0.260. The Hall–Kier alpha value is 1.56. The van der Waals surface area contributed by atoms with Crippen LogP contribution in [0.25, 0.3) is 0 Å². The number of esters is 2. The zero-order chi connectivity index (χ0) is 14.4. The van der Waals surface area contributed by atoms with Crippen molar-refractivity contribution in [2.24, 2.45) is 0 Å². The first-order chi connectivity index (χ1) is 7.99. The third-order valence-corrected chi connectivity index (χ3v) is 2.49. The topological polar surface area (TPSA) is 52.6 Å². The van der Waals surface area contributed by atoms with E-state index in [2.05, 4.69) is 95.6 Å². The van der Waals surface area contributed by atoms with Gasteiger partial charge in [0.05, 0.1) is 0 Å². The molecule has 0 aromatic rings. The molecule has 0 spiro atoms. The molecule has 0 aromatic carbocycles. The van der Waals surface area contributed by atoms with Gasteiger partial charge in [0.25, 0.3) is 0 Å². The highest BCUT2D eigenvalue weighted by Gasteiger charge is 2.20. The van der Waals surface area contributed by atoms with Gasteiger partial charge in [0.2, 0.25) is 0 Å².